The molecule has 126 valence electrons. The molecule has 3 aromatic rings. The topological polar surface area (TPSA) is 50.7 Å². The number of hydrogen-bond acceptors (Lipinski definition) is 3. The van der Waals surface area contributed by atoms with Crippen LogP contribution in [0, 0.1) is 0 Å². The molecule has 0 aromatic heterocycles. The number of benzene rings is 3. The predicted molar refractivity (Wildman–Crippen MR) is 102 cm³/mol. The van der Waals surface area contributed by atoms with Gasteiger partial charge in [0.2, 0.25) is 0 Å². The van der Waals surface area contributed by atoms with E-state index in [0.29, 0.717) is 10.6 Å². The molecule has 0 bridgehead atoms. The van der Waals surface area contributed by atoms with E-state index in [0.717, 1.165) is 22.1 Å². The molecule has 1 N–H and O–H groups in total. The van der Waals surface area contributed by atoms with Gasteiger partial charge >= 0.3 is 0 Å². The third kappa shape index (κ3) is 3.76. The van der Waals surface area contributed by atoms with Crippen molar-refractivity contribution >= 4 is 46.1 Å². The fourth-order valence-corrected chi connectivity index (χ4v) is 2.97. The summed E-state index contributed by atoms with van der Waals surface area (Å²) in [6, 6.07) is 16.2. The Morgan fingerprint density at radius 3 is 2.56 bits per heavy atom. The second-order valence-electron chi connectivity index (χ2n) is 5.23. The van der Waals surface area contributed by atoms with Crippen LogP contribution in [0.5, 0.6) is 5.75 Å². The Morgan fingerprint density at radius 1 is 1.08 bits per heavy atom. The van der Waals surface area contributed by atoms with E-state index in [2.05, 4.69) is 10.5 Å². The van der Waals surface area contributed by atoms with E-state index in [1.165, 1.54) is 6.07 Å². The summed E-state index contributed by atoms with van der Waals surface area (Å²) >= 11 is 11.9. The minimum Gasteiger partial charge on any atom is -0.496 e. The van der Waals surface area contributed by atoms with Gasteiger partial charge in [-0.25, -0.2) is 5.43 Å². The zero-order valence-electron chi connectivity index (χ0n) is 13.3. The van der Waals surface area contributed by atoms with Crippen LogP contribution in [-0.2, 0) is 0 Å². The zero-order valence-corrected chi connectivity index (χ0v) is 14.8. The van der Waals surface area contributed by atoms with Crippen LogP contribution < -0.4 is 10.2 Å². The van der Waals surface area contributed by atoms with Crippen LogP contribution >= 0.6 is 23.2 Å². The van der Waals surface area contributed by atoms with Crippen molar-refractivity contribution in [3.8, 4) is 5.75 Å². The molecular weight excluding hydrogens is 359 g/mol. The summed E-state index contributed by atoms with van der Waals surface area (Å²) in [5, 5.41) is 6.72. The van der Waals surface area contributed by atoms with Crippen LogP contribution in [0.25, 0.3) is 10.8 Å². The van der Waals surface area contributed by atoms with Gasteiger partial charge in [-0.1, -0.05) is 47.5 Å². The lowest BCUT2D eigenvalue weighted by Crippen LogP contribution is -2.18. The van der Waals surface area contributed by atoms with E-state index >= 15 is 0 Å². The normalized spacial score (nSPS) is 11.0. The molecule has 6 heteroatoms. The molecule has 4 nitrogen and oxygen atoms in total. The molecule has 0 unspecified atom stereocenters. The number of carbonyl (C=O) groups is 1. The maximum atomic E-state index is 12.2. The number of halogens is 2. The monoisotopic (exact) mass is 372 g/mol. The molecule has 0 atom stereocenters. The van der Waals surface area contributed by atoms with Gasteiger partial charge in [-0.15, -0.1) is 0 Å². The van der Waals surface area contributed by atoms with Gasteiger partial charge < -0.3 is 4.74 Å². The third-order valence-corrected chi connectivity index (χ3v) is 4.23. The Labute approximate surface area is 155 Å². The van der Waals surface area contributed by atoms with Gasteiger partial charge in [-0.2, -0.15) is 5.10 Å². The standard InChI is InChI=1S/C19H14Cl2N2O2/c1-25-18-9-6-12(14-4-2-3-5-15(14)18)11-22-23-19(24)16-8-7-13(20)10-17(16)21/h2-11H,1H3,(H,23,24)/b22-11-. The lowest BCUT2D eigenvalue weighted by atomic mass is 10.0. The molecular formula is C19H14Cl2N2O2. The van der Waals surface area contributed by atoms with Crippen LogP contribution in [-0.4, -0.2) is 19.2 Å². The van der Waals surface area contributed by atoms with Gasteiger partial charge in [-0.3, -0.25) is 4.79 Å². The second kappa shape index (κ2) is 7.55. The summed E-state index contributed by atoms with van der Waals surface area (Å²) in [4.78, 5) is 12.2. The first-order chi connectivity index (χ1) is 12.1. The van der Waals surface area contributed by atoms with Crippen molar-refractivity contribution < 1.29 is 9.53 Å². The minimum absolute atomic E-state index is 0.273. The lowest BCUT2D eigenvalue weighted by molar-refractivity contribution is 0.0955. The van der Waals surface area contributed by atoms with Gasteiger partial charge in [0, 0.05) is 16.0 Å². The average Bonchev–Trinajstić information content (AvgIpc) is 2.61. The smallest absolute Gasteiger partial charge is 0.272 e. The second-order valence-corrected chi connectivity index (χ2v) is 6.07. The Balaban J connectivity index is 1.83. The highest BCUT2D eigenvalue weighted by atomic mass is 35.5. The van der Waals surface area contributed by atoms with Crippen molar-refractivity contribution in [2.75, 3.05) is 7.11 Å². The number of nitrogens with one attached hydrogen (secondary N) is 1. The highest BCUT2D eigenvalue weighted by molar-refractivity contribution is 6.36. The summed E-state index contributed by atoms with van der Waals surface area (Å²) in [7, 11) is 1.63. The number of carbonyl (C=O) groups excluding carboxylic acids is 1. The molecule has 0 saturated heterocycles. The van der Waals surface area contributed by atoms with E-state index < -0.39 is 5.91 Å². The summed E-state index contributed by atoms with van der Waals surface area (Å²) in [5.74, 6) is 0.375. The maximum absolute atomic E-state index is 12.2. The molecule has 0 fully saturated rings. The first kappa shape index (κ1) is 17.3. The van der Waals surface area contributed by atoms with Crippen molar-refractivity contribution in [2.24, 2.45) is 5.10 Å². The van der Waals surface area contributed by atoms with Gasteiger partial charge in [0.25, 0.3) is 5.91 Å². The van der Waals surface area contributed by atoms with Crippen LogP contribution in [0.3, 0.4) is 0 Å². The number of ether oxygens (including phenoxy) is 1. The van der Waals surface area contributed by atoms with E-state index in [1.807, 2.05) is 36.4 Å². The first-order valence-corrected chi connectivity index (χ1v) is 8.20. The number of nitrogens with zero attached hydrogens (tertiary/aromatic N) is 1. The number of hydrogen-bond donors (Lipinski definition) is 1. The van der Waals surface area contributed by atoms with Crippen LogP contribution in [0.2, 0.25) is 10.0 Å². The van der Waals surface area contributed by atoms with Crippen molar-refractivity contribution in [3.63, 3.8) is 0 Å². The predicted octanol–water partition coefficient (Wildman–Crippen LogP) is 4.92. The Kier molecular flexibility index (Phi) is 5.22. The van der Waals surface area contributed by atoms with Crippen LogP contribution in [0.1, 0.15) is 15.9 Å². The molecule has 0 aliphatic heterocycles. The number of rotatable bonds is 4. The summed E-state index contributed by atoms with van der Waals surface area (Å²) < 4.78 is 5.37. The molecule has 3 aromatic carbocycles. The van der Waals surface area contributed by atoms with E-state index in [1.54, 1.807) is 25.5 Å². The van der Waals surface area contributed by atoms with Gasteiger partial charge in [-0.05, 0) is 35.7 Å². The van der Waals surface area contributed by atoms with Gasteiger partial charge in [0.05, 0.1) is 23.9 Å². The fraction of sp³-hybridized carbons (Fsp3) is 0.0526. The van der Waals surface area contributed by atoms with Gasteiger partial charge in [0.15, 0.2) is 0 Å². The molecule has 0 aliphatic carbocycles. The lowest BCUT2D eigenvalue weighted by Gasteiger charge is -2.07. The Hall–Kier alpha value is -2.56. The molecule has 1 amide bonds. The minimum atomic E-state index is -0.407. The van der Waals surface area contributed by atoms with E-state index in [-0.39, 0.29) is 5.02 Å². The zero-order chi connectivity index (χ0) is 17.8. The molecule has 0 saturated carbocycles. The summed E-state index contributed by atoms with van der Waals surface area (Å²) in [6.45, 7) is 0. The Morgan fingerprint density at radius 2 is 1.84 bits per heavy atom. The molecule has 25 heavy (non-hydrogen) atoms. The fourth-order valence-electron chi connectivity index (χ4n) is 2.48. The van der Waals surface area contributed by atoms with Crippen LogP contribution in [0.4, 0.5) is 0 Å². The van der Waals surface area contributed by atoms with Crippen molar-refractivity contribution in [3.05, 3.63) is 75.8 Å². The number of hydrazone groups is 1. The number of methoxy groups -OCH3 is 1. The first-order valence-electron chi connectivity index (χ1n) is 7.44. The average molecular weight is 373 g/mol. The van der Waals surface area contributed by atoms with E-state index in [9.17, 15) is 4.79 Å². The molecule has 3 rings (SSSR count). The van der Waals surface area contributed by atoms with Gasteiger partial charge in [0.1, 0.15) is 5.75 Å². The van der Waals surface area contributed by atoms with E-state index in [4.69, 9.17) is 27.9 Å². The van der Waals surface area contributed by atoms with Crippen LogP contribution in [0.15, 0.2) is 59.7 Å². The van der Waals surface area contributed by atoms with Crippen molar-refractivity contribution in [1.29, 1.82) is 0 Å². The highest BCUT2D eigenvalue weighted by Gasteiger charge is 2.10. The Bertz CT molecular complexity index is 971. The highest BCUT2D eigenvalue weighted by Crippen LogP contribution is 2.27. The largest absolute Gasteiger partial charge is 0.496 e. The molecule has 0 aliphatic rings. The number of fused-ring (bicyclic) bond motifs is 1. The summed E-state index contributed by atoms with van der Waals surface area (Å²) in [6.07, 6.45) is 1.59. The van der Waals surface area contributed by atoms with Crippen molar-refractivity contribution in [1.82, 2.24) is 5.43 Å². The molecule has 0 heterocycles. The SMILES string of the molecule is COc1ccc(/C=N\NC(=O)c2ccc(Cl)cc2Cl)c2ccccc12. The molecule has 0 spiro atoms. The third-order valence-electron chi connectivity index (χ3n) is 3.68. The molecule has 0 radical (unpaired) electrons. The maximum Gasteiger partial charge on any atom is 0.272 e. The van der Waals surface area contributed by atoms with Crippen molar-refractivity contribution in [2.45, 2.75) is 0 Å². The number of amides is 1. The summed E-state index contributed by atoms with van der Waals surface area (Å²) in [5.41, 5.74) is 3.64. The quantitative estimate of drug-likeness (QED) is 0.521.